The molecular formula is C8H11N3O3S. The summed E-state index contributed by atoms with van der Waals surface area (Å²) in [6, 6.07) is 0.983. The summed E-state index contributed by atoms with van der Waals surface area (Å²) in [5, 5.41) is 15.6. The Kier molecular flexibility index (Phi) is 4.07. The van der Waals surface area contributed by atoms with Crippen LogP contribution in [0.15, 0.2) is 11.4 Å². The van der Waals surface area contributed by atoms with Gasteiger partial charge in [-0.1, -0.05) is 0 Å². The van der Waals surface area contributed by atoms with E-state index in [1.165, 1.54) is 6.07 Å². The number of rotatable bonds is 4. The van der Waals surface area contributed by atoms with Crippen molar-refractivity contribution in [3.8, 4) is 0 Å². The Morgan fingerprint density at radius 1 is 1.53 bits per heavy atom. The van der Waals surface area contributed by atoms with Crippen LogP contribution >= 0.6 is 11.3 Å². The second kappa shape index (κ2) is 5.32. The smallest absolute Gasteiger partial charge is 0.338 e. The standard InChI is InChI=1S/C8H11N3O3S/c9-2-3-10-8(14)11-6-5(7(12)13)1-4-15-6/h1,4H,2-3,9H2,(H,12,13)(H2,10,11,14). The van der Waals surface area contributed by atoms with Gasteiger partial charge in [0.15, 0.2) is 0 Å². The van der Waals surface area contributed by atoms with Gasteiger partial charge in [-0.15, -0.1) is 11.3 Å². The molecule has 0 radical (unpaired) electrons. The summed E-state index contributed by atoms with van der Waals surface area (Å²) < 4.78 is 0. The number of carbonyl (C=O) groups is 2. The summed E-state index contributed by atoms with van der Waals surface area (Å²) in [5.41, 5.74) is 5.28. The SMILES string of the molecule is NCCNC(=O)Nc1sccc1C(=O)O. The lowest BCUT2D eigenvalue weighted by Crippen LogP contribution is -2.32. The van der Waals surface area contributed by atoms with E-state index in [1.807, 2.05) is 0 Å². The monoisotopic (exact) mass is 229 g/mol. The van der Waals surface area contributed by atoms with Crippen molar-refractivity contribution in [1.82, 2.24) is 5.32 Å². The Hall–Kier alpha value is -1.60. The first-order chi connectivity index (χ1) is 7.15. The molecular weight excluding hydrogens is 218 g/mol. The lowest BCUT2D eigenvalue weighted by Gasteiger charge is -2.05. The second-order valence-electron chi connectivity index (χ2n) is 2.64. The van der Waals surface area contributed by atoms with Crippen LogP contribution in [0.5, 0.6) is 0 Å². The van der Waals surface area contributed by atoms with Crippen LogP contribution in [0.3, 0.4) is 0 Å². The van der Waals surface area contributed by atoms with Crippen molar-refractivity contribution in [3.05, 3.63) is 17.0 Å². The summed E-state index contributed by atoms with van der Waals surface area (Å²) in [5.74, 6) is -1.06. The molecule has 0 spiro atoms. The van der Waals surface area contributed by atoms with Crippen molar-refractivity contribution in [1.29, 1.82) is 0 Å². The zero-order valence-electron chi connectivity index (χ0n) is 7.82. The van der Waals surface area contributed by atoms with Gasteiger partial charge >= 0.3 is 12.0 Å². The molecule has 1 aromatic rings. The molecule has 0 aliphatic heterocycles. The highest BCUT2D eigenvalue weighted by molar-refractivity contribution is 7.14. The summed E-state index contributed by atoms with van der Waals surface area (Å²) in [6.07, 6.45) is 0. The number of hydrogen-bond acceptors (Lipinski definition) is 4. The van der Waals surface area contributed by atoms with Gasteiger partial charge in [0.1, 0.15) is 5.00 Å². The molecule has 2 amide bonds. The Morgan fingerprint density at radius 2 is 2.27 bits per heavy atom. The normalized spacial score (nSPS) is 9.67. The number of thiophene rings is 1. The molecule has 0 fully saturated rings. The summed E-state index contributed by atoms with van der Waals surface area (Å²) >= 11 is 1.16. The maximum atomic E-state index is 11.2. The highest BCUT2D eigenvalue weighted by Crippen LogP contribution is 2.22. The fourth-order valence-electron chi connectivity index (χ4n) is 0.907. The van der Waals surface area contributed by atoms with Crippen LogP contribution in [-0.2, 0) is 0 Å². The average molecular weight is 229 g/mol. The number of amides is 2. The quantitative estimate of drug-likeness (QED) is 0.604. The molecule has 82 valence electrons. The maximum Gasteiger partial charge on any atom is 0.338 e. The van der Waals surface area contributed by atoms with Gasteiger partial charge in [-0.25, -0.2) is 9.59 Å². The largest absolute Gasteiger partial charge is 0.478 e. The second-order valence-corrected chi connectivity index (χ2v) is 3.55. The van der Waals surface area contributed by atoms with E-state index >= 15 is 0 Å². The van der Waals surface area contributed by atoms with Crippen LogP contribution in [0.2, 0.25) is 0 Å². The Bertz CT molecular complexity index is 364. The number of nitrogens with one attached hydrogen (secondary N) is 2. The molecule has 6 nitrogen and oxygen atoms in total. The highest BCUT2D eigenvalue weighted by Gasteiger charge is 2.12. The maximum absolute atomic E-state index is 11.2. The third-order valence-electron chi connectivity index (χ3n) is 1.55. The first-order valence-electron chi connectivity index (χ1n) is 4.21. The van der Waals surface area contributed by atoms with Crippen LogP contribution in [0.4, 0.5) is 9.80 Å². The number of hydrogen-bond donors (Lipinski definition) is 4. The molecule has 0 saturated carbocycles. The van der Waals surface area contributed by atoms with Crippen LogP contribution in [0.1, 0.15) is 10.4 Å². The van der Waals surface area contributed by atoms with Crippen molar-refractivity contribution >= 4 is 28.3 Å². The van der Waals surface area contributed by atoms with Gasteiger partial charge in [-0.2, -0.15) is 0 Å². The first-order valence-corrected chi connectivity index (χ1v) is 5.09. The number of carboxylic acids is 1. The molecule has 1 aromatic heterocycles. The molecule has 0 saturated heterocycles. The van der Waals surface area contributed by atoms with Gasteiger partial charge in [0.05, 0.1) is 5.56 Å². The molecule has 0 aliphatic carbocycles. The van der Waals surface area contributed by atoms with E-state index in [-0.39, 0.29) is 5.56 Å². The van der Waals surface area contributed by atoms with Crippen molar-refractivity contribution in [2.45, 2.75) is 0 Å². The van der Waals surface area contributed by atoms with Gasteiger partial charge in [-0.3, -0.25) is 5.32 Å². The Morgan fingerprint density at radius 3 is 2.87 bits per heavy atom. The predicted molar refractivity (Wildman–Crippen MR) is 57.4 cm³/mol. The zero-order chi connectivity index (χ0) is 11.3. The van der Waals surface area contributed by atoms with Gasteiger partial charge in [0.25, 0.3) is 0 Å². The number of carboxylic acid groups (broad SMARTS) is 1. The predicted octanol–water partition coefficient (Wildman–Crippen LogP) is 0.526. The number of urea groups is 1. The minimum absolute atomic E-state index is 0.0860. The van der Waals surface area contributed by atoms with E-state index in [9.17, 15) is 9.59 Å². The van der Waals surface area contributed by atoms with Crippen molar-refractivity contribution in [3.63, 3.8) is 0 Å². The fourth-order valence-corrected chi connectivity index (χ4v) is 1.68. The third kappa shape index (κ3) is 3.22. The molecule has 0 bridgehead atoms. The lowest BCUT2D eigenvalue weighted by atomic mass is 10.3. The van der Waals surface area contributed by atoms with E-state index in [2.05, 4.69) is 10.6 Å². The van der Waals surface area contributed by atoms with Crippen molar-refractivity contribution in [2.24, 2.45) is 5.73 Å². The number of aromatic carboxylic acids is 1. The number of anilines is 1. The first kappa shape index (κ1) is 11.5. The van der Waals surface area contributed by atoms with Crippen LogP contribution in [0.25, 0.3) is 0 Å². The zero-order valence-corrected chi connectivity index (χ0v) is 8.63. The summed E-state index contributed by atoms with van der Waals surface area (Å²) in [7, 11) is 0. The van der Waals surface area contributed by atoms with E-state index in [1.54, 1.807) is 5.38 Å². The highest BCUT2D eigenvalue weighted by atomic mass is 32.1. The van der Waals surface area contributed by atoms with Crippen molar-refractivity contribution < 1.29 is 14.7 Å². The molecule has 5 N–H and O–H groups in total. The third-order valence-corrected chi connectivity index (χ3v) is 2.38. The van der Waals surface area contributed by atoms with E-state index < -0.39 is 12.0 Å². The van der Waals surface area contributed by atoms with E-state index in [4.69, 9.17) is 10.8 Å². The molecule has 7 heteroatoms. The van der Waals surface area contributed by atoms with Crippen LogP contribution in [0, 0.1) is 0 Å². The number of carbonyl (C=O) groups excluding carboxylic acids is 1. The van der Waals surface area contributed by atoms with Crippen LogP contribution < -0.4 is 16.4 Å². The van der Waals surface area contributed by atoms with E-state index in [0.717, 1.165) is 11.3 Å². The minimum atomic E-state index is -1.06. The van der Waals surface area contributed by atoms with Gasteiger partial charge in [0, 0.05) is 13.1 Å². The van der Waals surface area contributed by atoms with Gasteiger partial charge in [-0.05, 0) is 11.4 Å². The Balaban J connectivity index is 2.60. The molecule has 0 unspecified atom stereocenters. The molecule has 1 rings (SSSR count). The lowest BCUT2D eigenvalue weighted by molar-refractivity contribution is 0.0698. The molecule has 0 aliphatic rings. The van der Waals surface area contributed by atoms with E-state index in [0.29, 0.717) is 18.1 Å². The molecule has 1 heterocycles. The summed E-state index contributed by atoms with van der Waals surface area (Å²) in [4.78, 5) is 21.9. The fraction of sp³-hybridized carbons (Fsp3) is 0.250. The Labute approximate surface area is 90.1 Å². The number of nitrogens with two attached hydrogens (primary N) is 1. The topological polar surface area (TPSA) is 104 Å². The average Bonchev–Trinajstić information content (AvgIpc) is 2.62. The molecule has 0 aromatic carbocycles. The van der Waals surface area contributed by atoms with Crippen LogP contribution in [-0.4, -0.2) is 30.2 Å². The van der Waals surface area contributed by atoms with Crippen molar-refractivity contribution in [2.75, 3.05) is 18.4 Å². The molecule has 0 atom stereocenters. The van der Waals surface area contributed by atoms with Gasteiger partial charge in [0.2, 0.25) is 0 Å². The minimum Gasteiger partial charge on any atom is -0.478 e. The van der Waals surface area contributed by atoms with Gasteiger partial charge < -0.3 is 16.2 Å². The molecule has 15 heavy (non-hydrogen) atoms. The summed E-state index contributed by atoms with van der Waals surface area (Å²) in [6.45, 7) is 0.684.